The molecule has 0 saturated carbocycles. The highest BCUT2D eigenvalue weighted by Gasteiger charge is 2.09. The fourth-order valence-electron chi connectivity index (χ4n) is 1.83. The molecule has 2 rings (SSSR count). The minimum absolute atomic E-state index is 0.357. The molecule has 0 fully saturated rings. The van der Waals surface area contributed by atoms with E-state index in [1.807, 2.05) is 44.2 Å². The summed E-state index contributed by atoms with van der Waals surface area (Å²) >= 11 is 0. The predicted molar refractivity (Wildman–Crippen MR) is 68.3 cm³/mol. The first-order chi connectivity index (χ1) is 8.72. The Labute approximate surface area is 106 Å². The van der Waals surface area contributed by atoms with Gasteiger partial charge in [-0.3, -0.25) is 4.79 Å². The van der Waals surface area contributed by atoms with Crippen LogP contribution in [0, 0.1) is 13.8 Å². The van der Waals surface area contributed by atoms with Crippen molar-refractivity contribution in [3.63, 3.8) is 0 Å². The second-order valence-electron chi connectivity index (χ2n) is 4.17. The maximum absolute atomic E-state index is 10.9. The summed E-state index contributed by atoms with van der Waals surface area (Å²) in [7, 11) is 0. The number of aldehydes is 1. The molecule has 1 heterocycles. The summed E-state index contributed by atoms with van der Waals surface area (Å²) in [6.07, 6.45) is 0.839. The average molecular weight is 244 g/mol. The van der Waals surface area contributed by atoms with E-state index in [1.54, 1.807) is 4.68 Å². The van der Waals surface area contributed by atoms with Gasteiger partial charge in [0.25, 0.3) is 0 Å². The molecule has 4 nitrogen and oxygen atoms in total. The highest BCUT2D eigenvalue weighted by molar-refractivity contribution is 5.77. The van der Waals surface area contributed by atoms with Gasteiger partial charge in [0.15, 0.2) is 6.29 Å². The summed E-state index contributed by atoms with van der Waals surface area (Å²) in [6, 6.07) is 9.95. The third-order valence-electron chi connectivity index (χ3n) is 2.88. The Kier molecular flexibility index (Phi) is 3.89. The molecule has 0 N–H and O–H groups in total. The first-order valence-corrected chi connectivity index (χ1v) is 5.83. The van der Waals surface area contributed by atoms with Gasteiger partial charge in [0, 0.05) is 5.69 Å². The number of aryl methyl sites for hydroxylation is 1. The van der Waals surface area contributed by atoms with E-state index in [2.05, 4.69) is 5.10 Å². The van der Waals surface area contributed by atoms with E-state index in [1.165, 1.54) is 0 Å². The molecule has 94 valence electrons. The molecule has 4 heteroatoms. The Morgan fingerprint density at radius 1 is 1.28 bits per heavy atom. The van der Waals surface area contributed by atoms with E-state index < -0.39 is 0 Å². The number of benzene rings is 1. The number of hydrogen-bond donors (Lipinski definition) is 0. The molecular weight excluding hydrogens is 228 g/mol. The molecule has 0 amide bonds. The van der Waals surface area contributed by atoms with Gasteiger partial charge in [-0.1, -0.05) is 30.3 Å². The van der Waals surface area contributed by atoms with Crippen molar-refractivity contribution in [2.75, 3.05) is 0 Å². The molecular formula is C14H16N2O2. The quantitative estimate of drug-likeness (QED) is 0.759. The molecule has 0 radical (unpaired) electrons. The lowest BCUT2D eigenvalue weighted by Gasteiger charge is -2.06. The molecule has 0 unspecified atom stereocenters. The molecule has 0 spiro atoms. The minimum Gasteiger partial charge on any atom is -0.355 e. The summed E-state index contributed by atoms with van der Waals surface area (Å²) in [5.74, 6) is 0. The Morgan fingerprint density at radius 2 is 2.00 bits per heavy atom. The van der Waals surface area contributed by atoms with Crippen molar-refractivity contribution in [1.29, 1.82) is 0 Å². The van der Waals surface area contributed by atoms with Gasteiger partial charge in [-0.25, -0.2) is 4.68 Å². The highest BCUT2D eigenvalue weighted by Crippen LogP contribution is 2.10. The number of ether oxygens (including phenoxy) is 1. The zero-order chi connectivity index (χ0) is 13.0. The third kappa shape index (κ3) is 2.65. The zero-order valence-corrected chi connectivity index (χ0v) is 10.6. The second-order valence-corrected chi connectivity index (χ2v) is 4.17. The van der Waals surface area contributed by atoms with Gasteiger partial charge in [-0.15, -0.1) is 0 Å². The van der Waals surface area contributed by atoms with E-state index >= 15 is 0 Å². The highest BCUT2D eigenvalue weighted by atomic mass is 16.5. The maximum atomic E-state index is 10.9. The predicted octanol–water partition coefficient (Wildman–Crippen LogP) is 2.49. The molecule has 18 heavy (non-hydrogen) atoms. The van der Waals surface area contributed by atoms with Gasteiger partial charge >= 0.3 is 0 Å². The molecule has 0 aliphatic heterocycles. The Morgan fingerprint density at radius 3 is 2.61 bits per heavy atom. The number of carbonyl (C=O) groups excluding carboxylic acids is 1. The van der Waals surface area contributed by atoms with E-state index in [0.29, 0.717) is 18.9 Å². The van der Waals surface area contributed by atoms with E-state index in [0.717, 1.165) is 23.2 Å². The van der Waals surface area contributed by atoms with Crippen molar-refractivity contribution < 1.29 is 9.53 Å². The van der Waals surface area contributed by atoms with Crippen LogP contribution in [-0.2, 0) is 18.1 Å². The molecule has 0 aliphatic carbocycles. The van der Waals surface area contributed by atoms with Crippen LogP contribution < -0.4 is 0 Å². The van der Waals surface area contributed by atoms with Gasteiger partial charge in [0.05, 0.1) is 17.9 Å². The second kappa shape index (κ2) is 5.60. The van der Waals surface area contributed by atoms with Gasteiger partial charge in [-0.05, 0) is 19.4 Å². The van der Waals surface area contributed by atoms with Crippen LogP contribution in [-0.4, -0.2) is 16.1 Å². The summed E-state index contributed by atoms with van der Waals surface area (Å²) in [5.41, 5.74) is 3.36. The van der Waals surface area contributed by atoms with Crippen molar-refractivity contribution in [2.45, 2.75) is 27.2 Å². The lowest BCUT2D eigenvalue weighted by Crippen LogP contribution is -2.06. The largest absolute Gasteiger partial charge is 0.355 e. The maximum Gasteiger partial charge on any atom is 0.153 e. The summed E-state index contributed by atoms with van der Waals surface area (Å²) in [4.78, 5) is 10.9. The fourth-order valence-corrected chi connectivity index (χ4v) is 1.83. The molecule has 0 saturated heterocycles. The molecule has 1 aromatic carbocycles. The average Bonchev–Trinajstić information content (AvgIpc) is 2.65. The Balaban J connectivity index is 1.97. The van der Waals surface area contributed by atoms with Crippen molar-refractivity contribution in [2.24, 2.45) is 0 Å². The monoisotopic (exact) mass is 244 g/mol. The Hall–Kier alpha value is -1.94. The van der Waals surface area contributed by atoms with E-state index in [9.17, 15) is 4.79 Å². The first kappa shape index (κ1) is 12.5. The molecule has 0 aliphatic rings. The van der Waals surface area contributed by atoms with Gasteiger partial charge in [0.2, 0.25) is 0 Å². The van der Waals surface area contributed by atoms with Crippen LogP contribution in [0.5, 0.6) is 0 Å². The van der Waals surface area contributed by atoms with Gasteiger partial charge in [0.1, 0.15) is 6.73 Å². The van der Waals surface area contributed by atoms with Crippen molar-refractivity contribution in [3.05, 3.63) is 52.8 Å². The number of carbonyl (C=O) groups is 1. The lowest BCUT2D eigenvalue weighted by molar-refractivity contribution is 0.0546. The van der Waals surface area contributed by atoms with Gasteiger partial charge < -0.3 is 4.74 Å². The minimum atomic E-state index is 0.357. The van der Waals surface area contributed by atoms with Crippen LogP contribution in [0.4, 0.5) is 0 Å². The fraction of sp³-hybridized carbons (Fsp3) is 0.286. The lowest BCUT2D eigenvalue weighted by atomic mass is 10.2. The smallest absolute Gasteiger partial charge is 0.153 e. The van der Waals surface area contributed by atoms with Crippen LogP contribution in [0.3, 0.4) is 0 Å². The standard InChI is InChI=1S/C14H16N2O2/c1-11-14(8-17)12(2)16(15-11)10-18-9-13-6-4-3-5-7-13/h3-8H,9-10H2,1-2H3. The number of hydrogen-bond acceptors (Lipinski definition) is 3. The van der Waals surface area contributed by atoms with Crippen LogP contribution in [0.25, 0.3) is 0 Å². The molecule has 0 atom stereocenters. The molecule has 2 aromatic rings. The summed E-state index contributed by atoms with van der Waals surface area (Å²) < 4.78 is 7.29. The number of nitrogens with zero attached hydrogens (tertiary/aromatic N) is 2. The number of rotatable bonds is 5. The normalized spacial score (nSPS) is 10.6. The van der Waals surface area contributed by atoms with Crippen molar-refractivity contribution in [1.82, 2.24) is 9.78 Å². The van der Waals surface area contributed by atoms with Crippen molar-refractivity contribution >= 4 is 6.29 Å². The van der Waals surface area contributed by atoms with Crippen molar-refractivity contribution in [3.8, 4) is 0 Å². The van der Waals surface area contributed by atoms with Crippen LogP contribution >= 0.6 is 0 Å². The van der Waals surface area contributed by atoms with E-state index in [-0.39, 0.29) is 0 Å². The molecule has 1 aromatic heterocycles. The van der Waals surface area contributed by atoms with E-state index in [4.69, 9.17) is 4.74 Å². The third-order valence-corrected chi connectivity index (χ3v) is 2.88. The topological polar surface area (TPSA) is 44.1 Å². The SMILES string of the molecule is Cc1nn(COCc2ccccc2)c(C)c1C=O. The van der Waals surface area contributed by atoms with Crippen LogP contribution in [0.15, 0.2) is 30.3 Å². The van der Waals surface area contributed by atoms with Crippen LogP contribution in [0.2, 0.25) is 0 Å². The van der Waals surface area contributed by atoms with Gasteiger partial charge in [-0.2, -0.15) is 5.10 Å². The zero-order valence-electron chi connectivity index (χ0n) is 10.6. The summed E-state index contributed by atoms with van der Waals surface area (Å²) in [6.45, 7) is 4.59. The summed E-state index contributed by atoms with van der Waals surface area (Å²) in [5, 5.41) is 4.27. The Bertz CT molecular complexity index is 532. The first-order valence-electron chi connectivity index (χ1n) is 5.83. The van der Waals surface area contributed by atoms with Crippen LogP contribution in [0.1, 0.15) is 27.3 Å². The number of aromatic nitrogens is 2. The molecule has 0 bridgehead atoms.